The molecule has 2 heterocycles. The normalized spacial score (nSPS) is 10.2. The first-order chi connectivity index (χ1) is 6.29. The molecule has 0 aromatic carbocycles. The fraction of sp³-hybridized carbons (Fsp3) is 0.143. The second kappa shape index (κ2) is 3.06. The number of nitrogens with zero attached hydrogens (tertiary/aromatic N) is 4. The highest BCUT2D eigenvalue weighted by atomic mass is 32.1. The molecule has 13 heavy (non-hydrogen) atoms. The maximum Gasteiger partial charge on any atom is 0.249 e. The predicted molar refractivity (Wildman–Crippen MR) is 46.5 cm³/mol. The monoisotopic (exact) mass is 194 g/mol. The molecule has 6 heteroatoms. The average Bonchev–Trinajstić information content (AvgIpc) is 2.72. The van der Waals surface area contributed by atoms with Crippen molar-refractivity contribution in [2.75, 3.05) is 0 Å². The van der Waals surface area contributed by atoms with Crippen LogP contribution < -0.4 is 0 Å². The Bertz CT molecular complexity index is 419. The summed E-state index contributed by atoms with van der Waals surface area (Å²) in [6.45, 7) is 0. The van der Waals surface area contributed by atoms with Gasteiger partial charge in [-0.05, 0) is 11.5 Å². The fourth-order valence-electron chi connectivity index (χ4n) is 0.963. The van der Waals surface area contributed by atoms with Gasteiger partial charge < -0.3 is 4.57 Å². The average molecular weight is 194 g/mol. The maximum atomic E-state index is 11.6. The number of carbonyl (C=O) groups excluding carboxylic acids is 1. The van der Waals surface area contributed by atoms with Crippen LogP contribution in [0.4, 0.5) is 0 Å². The number of imidazole rings is 1. The van der Waals surface area contributed by atoms with E-state index >= 15 is 0 Å². The van der Waals surface area contributed by atoms with E-state index in [0.717, 1.165) is 11.5 Å². The minimum absolute atomic E-state index is 0.193. The molecule has 0 atom stereocenters. The Morgan fingerprint density at radius 1 is 1.62 bits per heavy atom. The molecule has 0 aliphatic rings. The third-order valence-corrected chi connectivity index (χ3v) is 2.12. The van der Waals surface area contributed by atoms with Crippen molar-refractivity contribution < 1.29 is 4.79 Å². The van der Waals surface area contributed by atoms with E-state index in [1.807, 2.05) is 0 Å². The first-order valence-electron chi connectivity index (χ1n) is 3.58. The zero-order valence-corrected chi connectivity index (χ0v) is 7.65. The van der Waals surface area contributed by atoms with Crippen LogP contribution >= 0.6 is 11.5 Å². The van der Waals surface area contributed by atoms with E-state index in [9.17, 15) is 4.79 Å². The smallest absolute Gasteiger partial charge is 0.249 e. The summed E-state index contributed by atoms with van der Waals surface area (Å²) < 4.78 is 5.27. The van der Waals surface area contributed by atoms with Gasteiger partial charge in [0.2, 0.25) is 5.78 Å². The molecule has 0 N–H and O–H groups in total. The molecule has 0 bridgehead atoms. The zero-order chi connectivity index (χ0) is 9.26. The number of ketones is 1. The van der Waals surface area contributed by atoms with Crippen molar-refractivity contribution in [1.82, 2.24) is 19.1 Å². The van der Waals surface area contributed by atoms with Crippen LogP contribution in [0.5, 0.6) is 0 Å². The lowest BCUT2D eigenvalue weighted by Gasteiger charge is -1.95. The minimum atomic E-state index is -0.193. The fourth-order valence-corrected chi connectivity index (χ4v) is 1.40. The molecule has 0 amide bonds. The molecular weight excluding hydrogens is 188 g/mol. The Labute approximate surface area is 78.2 Å². The molecule has 0 fully saturated rings. The van der Waals surface area contributed by atoms with Gasteiger partial charge in [-0.3, -0.25) is 4.79 Å². The van der Waals surface area contributed by atoms with Crippen LogP contribution in [0.3, 0.4) is 0 Å². The van der Waals surface area contributed by atoms with E-state index in [2.05, 4.69) is 14.6 Å². The first kappa shape index (κ1) is 8.06. The van der Waals surface area contributed by atoms with E-state index in [1.54, 1.807) is 29.4 Å². The molecule has 0 radical (unpaired) electrons. The third kappa shape index (κ3) is 1.35. The van der Waals surface area contributed by atoms with Gasteiger partial charge in [0.25, 0.3) is 0 Å². The van der Waals surface area contributed by atoms with Gasteiger partial charge in [-0.15, -0.1) is 5.10 Å². The first-order valence-corrected chi connectivity index (χ1v) is 4.42. The lowest BCUT2D eigenvalue weighted by molar-refractivity contribution is 0.102. The molecule has 0 aliphatic heterocycles. The van der Waals surface area contributed by atoms with Crippen molar-refractivity contribution >= 4 is 17.3 Å². The molecular formula is C7H6N4OS. The number of hydrogen-bond acceptors (Lipinski definition) is 5. The van der Waals surface area contributed by atoms with Crippen LogP contribution in [0.25, 0.3) is 0 Å². The summed E-state index contributed by atoms with van der Waals surface area (Å²) in [5.74, 6) is 0.189. The number of aromatic nitrogens is 4. The topological polar surface area (TPSA) is 60.7 Å². The summed E-state index contributed by atoms with van der Waals surface area (Å²) in [6, 6.07) is 0. The van der Waals surface area contributed by atoms with Crippen LogP contribution in [0.1, 0.15) is 16.3 Å². The van der Waals surface area contributed by atoms with Gasteiger partial charge in [0.1, 0.15) is 5.69 Å². The van der Waals surface area contributed by atoms with Crippen LogP contribution in [0.15, 0.2) is 17.8 Å². The summed E-state index contributed by atoms with van der Waals surface area (Å²) in [4.78, 5) is 15.5. The standard InChI is InChI=1S/C7H6N4OS/c1-11-3-2-8-7(11)6(12)5-4-13-10-9-5/h2-4H,1H3. The molecule has 2 aromatic rings. The van der Waals surface area contributed by atoms with Gasteiger partial charge in [-0.2, -0.15) is 0 Å². The molecule has 0 unspecified atom stereocenters. The van der Waals surface area contributed by atoms with Gasteiger partial charge >= 0.3 is 0 Å². The highest BCUT2D eigenvalue weighted by Gasteiger charge is 2.15. The maximum absolute atomic E-state index is 11.6. The van der Waals surface area contributed by atoms with Crippen molar-refractivity contribution in [3.05, 3.63) is 29.3 Å². The largest absolute Gasteiger partial charge is 0.331 e. The second-order valence-electron chi connectivity index (χ2n) is 2.48. The Balaban J connectivity index is 2.39. The summed E-state index contributed by atoms with van der Waals surface area (Å²) in [5.41, 5.74) is 0.347. The molecule has 2 aromatic heterocycles. The number of carbonyl (C=O) groups is 1. The van der Waals surface area contributed by atoms with E-state index < -0.39 is 0 Å². The molecule has 0 aliphatic carbocycles. The van der Waals surface area contributed by atoms with Gasteiger partial charge in [0.05, 0.1) is 0 Å². The molecule has 0 saturated heterocycles. The lowest BCUT2D eigenvalue weighted by atomic mass is 10.3. The van der Waals surface area contributed by atoms with Crippen molar-refractivity contribution in [2.45, 2.75) is 0 Å². The van der Waals surface area contributed by atoms with Crippen molar-refractivity contribution in [2.24, 2.45) is 7.05 Å². The highest BCUT2D eigenvalue weighted by Crippen LogP contribution is 2.05. The van der Waals surface area contributed by atoms with Crippen LogP contribution in [0, 0.1) is 0 Å². The Hall–Kier alpha value is -1.56. The van der Waals surface area contributed by atoms with E-state index in [-0.39, 0.29) is 5.78 Å². The van der Waals surface area contributed by atoms with E-state index in [1.165, 1.54) is 0 Å². The van der Waals surface area contributed by atoms with E-state index in [4.69, 9.17) is 0 Å². The summed E-state index contributed by atoms with van der Waals surface area (Å²) in [6.07, 6.45) is 3.29. The quantitative estimate of drug-likeness (QED) is 0.653. The SMILES string of the molecule is Cn1ccnc1C(=O)c1csnn1. The zero-order valence-electron chi connectivity index (χ0n) is 6.84. The van der Waals surface area contributed by atoms with Crippen molar-refractivity contribution in [3.63, 3.8) is 0 Å². The number of aryl methyl sites for hydroxylation is 1. The Kier molecular flexibility index (Phi) is 1.90. The van der Waals surface area contributed by atoms with E-state index in [0.29, 0.717) is 11.5 Å². The van der Waals surface area contributed by atoms with Crippen LogP contribution in [-0.4, -0.2) is 24.9 Å². The van der Waals surface area contributed by atoms with Crippen LogP contribution in [0.2, 0.25) is 0 Å². The predicted octanol–water partition coefficient (Wildman–Crippen LogP) is 0.503. The summed E-state index contributed by atoms with van der Waals surface area (Å²) in [5, 5.41) is 5.29. The number of rotatable bonds is 2. The molecule has 0 saturated carbocycles. The second-order valence-corrected chi connectivity index (χ2v) is 3.09. The molecule has 2 rings (SSSR count). The lowest BCUT2D eigenvalue weighted by Crippen LogP contribution is -2.08. The van der Waals surface area contributed by atoms with Crippen molar-refractivity contribution in [3.8, 4) is 0 Å². The highest BCUT2D eigenvalue weighted by molar-refractivity contribution is 7.03. The van der Waals surface area contributed by atoms with Gasteiger partial charge in [0, 0.05) is 24.8 Å². The van der Waals surface area contributed by atoms with Gasteiger partial charge in [0.15, 0.2) is 5.82 Å². The molecule has 5 nitrogen and oxygen atoms in total. The van der Waals surface area contributed by atoms with Gasteiger partial charge in [-0.25, -0.2) is 4.98 Å². The molecule has 0 spiro atoms. The van der Waals surface area contributed by atoms with Gasteiger partial charge in [-0.1, -0.05) is 4.49 Å². The third-order valence-electron chi connectivity index (χ3n) is 1.62. The minimum Gasteiger partial charge on any atom is -0.331 e. The summed E-state index contributed by atoms with van der Waals surface area (Å²) in [7, 11) is 1.76. The van der Waals surface area contributed by atoms with Crippen molar-refractivity contribution in [1.29, 1.82) is 0 Å². The summed E-state index contributed by atoms with van der Waals surface area (Å²) >= 11 is 1.15. The molecule has 66 valence electrons. The van der Waals surface area contributed by atoms with Crippen LogP contribution in [-0.2, 0) is 7.05 Å². The Morgan fingerprint density at radius 2 is 2.46 bits per heavy atom. The Morgan fingerprint density at radius 3 is 3.00 bits per heavy atom. The number of hydrogen-bond donors (Lipinski definition) is 0.